The van der Waals surface area contributed by atoms with Crippen molar-refractivity contribution >= 4 is 5.97 Å². The number of unbranched alkanes of at least 4 members (excludes halogenated alkanes) is 16. The maximum atomic E-state index is 12.1. The predicted octanol–water partition coefficient (Wildman–Crippen LogP) is 11.8. The molecule has 0 bridgehead atoms. The molecule has 5 nitrogen and oxygen atoms in total. The minimum Gasteiger partial charge on any atom is -0.481 e. The second-order valence-corrected chi connectivity index (χ2v) is 17.3. The largest absolute Gasteiger partial charge is 0.481 e. The summed E-state index contributed by atoms with van der Waals surface area (Å²) in [5, 5.41) is 32.2. The lowest BCUT2D eigenvalue weighted by Gasteiger charge is -2.41. The molecule has 3 aromatic rings. The van der Waals surface area contributed by atoms with Crippen molar-refractivity contribution < 1.29 is 25.0 Å². The summed E-state index contributed by atoms with van der Waals surface area (Å²) in [6.45, 7) is 11.0. The number of hydrogen-bond acceptors (Lipinski definition) is 3. The van der Waals surface area contributed by atoms with E-state index in [9.17, 15) is 20.1 Å². The van der Waals surface area contributed by atoms with E-state index in [4.69, 9.17) is 0 Å². The molecule has 56 heavy (non-hydrogen) atoms. The first-order chi connectivity index (χ1) is 27.1. The molecule has 0 aliphatic carbocycles. The van der Waals surface area contributed by atoms with Gasteiger partial charge in [0.1, 0.15) is 5.60 Å². The van der Waals surface area contributed by atoms with E-state index < -0.39 is 23.1 Å². The molecule has 1 saturated heterocycles. The number of quaternary nitrogens is 1. The van der Waals surface area contributed by atoms with Gasteiger partial charge >= 0.3 is 5.97 Å². The number of benzene rings is 3. The summed E-state index contributed by atoms with van der Waals surface area (Å²) < 4.78 is 0. The molecule has 0 aromatic heterocycles. The molecule has 1 aliphatic heterocycles. The fourth-order valence-corrected chi connectivity index (χ4v) is 8.47. The van der Waals surface area contributed by atoms with Crippen LogP contribution in [0.1, 0.15) is 191 Å². The van der Waals surface area contributed by atoms with Crippen molar-refractivity contribution in [2.45, 2.75) is 180 Å². The van der Waals surface area contributed by atoms with Crippen LogP contribution in [0.2, 0.25) is 0 Å². The standard InChI is InChI=1S/C32H39NO4.C19H40/c1-31(2,30(35)36)25-17-15-24(16-18-25)29(34)14-9-21-33-22-19-28(20-23-33)32(37,26-10-5-3-6-11-26)27-12-7-4-8-13-27;1-3-5-7-9-11-13-15-17-19-18-16-14-12-10-8-6-4-2/h3-8,10-13,15-18,28-29,34,37H,9,14,19-23H2,1-2H3,(H,35,36);3-19H2,1-2H3/p+1. The summed E-state index contributed by atoms with van der Waals surface area (Å²) in [4.78, 5) is 13.0. The second-order valence-electron chi connectivity index (χ2n) is 17.3. The highest BCUT2D eigenvalue weighted by atomic mass is 16.4. The summed E-state index contributed by atoms with van der Waals surface area (Å²) in [6, 6.07) is 27.4. The summed E-state index contributed by atoms with van der Waals surface area (Å²) >= 11 is 0. The van der Waals surface area contributed by atoms with Gasteiger partial charge in [0.05, 0.1) is 31.2 Å². The van der Waals surface area contributed by atoms with E-state index in [-0.39, 0.29) is 5.92 Å². The van der Waals surface area contributed by atoms with Crippen LogP contribution in [0.25, 0.3) is 0 Å². The Hall–Kier alpha value is -2.99. The monoisotopic (exact) mass is 771 g/mol. The van der Waals surface area contributed by atoms with Gasteiger partial charge in [0.2, 0.25) is 0 Å². The number of aliphatic hydroxyl groups excluding tert-OH is 1. The van der Waals surface area contributed by atoms with Gasteiger partial charge in [-0.05, 0) is 48.9 Å². The number of nitrogens with one attached hydrogen (secondary N) is 1. The molecule has 0 saturated carbocycles. The molecular weight excluding hydrogens is 691 g/mol. The highest BCUT2D eigenvalue weighted by Gasteiger charge is 2.42. The third-order valence-electron chi connectivity index (χ3n) is 12.5. The number of carbonyl (C=O) groups is 1. The number of carboxylic acids is 1. The van der Waals surface area contributed by atoms with E-state index in [1.165, 1.54) is 114 Å². The summed E-state index contributed by atoms with van der Waals surface area (Å²) in [5.41, 5.74) is 1.52. The van der Waals surface area contributed by atoms with Crippen molar-refractivity contribution in [2.24, 2.45) is 5.92 Å². The average molecular weight is 771 g/mol. The number of likely N-dealkylation sites (tertiary alicyclic amines) is 1. The van der Waals surface area contributed by atoms with Crippen LogP contribution in [0.15, 0.2) is 84.9 Å². The first-order valence-electron chi connectivity index (χ1n) is 22.8. The third kappa shape index (κ3) is 16.1. The summed E-state index contributed by atoms with van der Waals surface area (Å²) in [5.74, 6) is -0.710. The van der Waals surface area contributed by atoms with Crippen LogP contribution < -0.4 is 4.90 Å². The zero-order valence-electron chi connectivity index (χ0n) is 36.0. The second kappa shape index (κ2) is 26.8. The molecule has 0 amide bonds. The topological polar surface area (TPSA) is 82.2 Å². The Labute approximate surface area is 342 Å². The normalized spacial score (nSPS) is 16.5. The Kier molecular flexibility index (Phi) is 22.7. The molecule has 1 atom stereocenters. The van der Waals surface area contributed by atoms with Gasteiger partial charge in [-0.1, -0.05) is 208 Å². The lowest BCUT2D eigenvalue weighted by atomic mass is 9.72. The molecule has 0 spiro atoms. The Balaban J connectivity index is 0.000000376. The van der Waals surface area contributed by atoms with E-state index in [1.54, 1.807) is 13.8 Å². The Morgan fingerprint density at radius 3 is 1.38 bits per heavy atom. The molecule has 4 N–H and O–H groups in total. The third-order valence-corrected chi connectivity index (χ3v) is 12.5. The van der Waals surface area contributed by atoms with E-state index >= 15 is 0 Å². The van der Waals surface area contributed by atoms with Crippen molar-refractivity contribution in [1.82, 2.24) is 0 Å². The van der Waals surface area contributed by atoms with E-state index in [2.05, 4.69) is 13.8 Å². The molecule has 4 rings (SSSR count). The van der Waals surface area contributed by atoms with Crippen LogP contribution in [-0.2, 0) is 15.8 Å². The quantitative estimate of drug-likeness (QED) is 0.0613. The highest BCUT2D eigenvalue weighted by molar-refractivity contribution is 5.80. The molecule has 0 radical (unpaired) electrons. The van der Waals surface area contributed by atoms with Gasteiger partial charge in [-0.3, -0.25) is 4.79 Å². The van der Waals surface area contributed by atoms with Gasteiger partial charge in [-0.2, -0.15) is 0 Å². The van der Waals surface area contributed by atoms with Gasteiger partial charge in [-0.25, -0.2) is 0 Å². The first-order valence-corrected chi connectivity index (χ1v) is 22.8. The van der Waals surface area contributed by atoms with Gasteiger partial charge in [0.25, 0.3) is 0 Å². The minimum atomic E-state index is -0.994. The number of rotatable bonds is 26. The Morgan fingerprint density at radius 1 is 0.607 bits per heavy atom. The SMILES string of the molecule is CC(C)(C(=O)O)c1ccc(C(O)CCC[NH+]2CCC(C(O)(c3ccccc3)c3ccccc3)CC2)cc1.CCCCCCCCCCCCCCCCCCC. The number of hydrogen-bond donors (Lipinski definition) is 4. The van der Waals surface area contributed by atoms with E-state index in [0.717, 1.165) is 61.2 Å². The van der Waals surface area contributed by atoms with Crippen molar-refractivity contribution in [3.05, 3.63) is 107 Å². The van der Waals surface area contributed by atoms with E-state index in [1.807, 2.05) is 84.9 Å². The highest BCUT2D eigenvalue weighted by Crippen LogP contribution is 2.40. The molecule has 1 heterocycles. The molecule has 1 aliphatic rings. The molecule has 1 unspecified atom stereocenters. The fourth-order valence-electron chi connectivity index (χ4n) is 8.47. The lowest BCUT2D eigenvalue weighted by Crippen LogP contribution is -3.13. The van der Waals surface area contributed by atoms with Crippen molar-refractivity contribution in [2.75, 3.05) is 19.6 Å². The fraction of sp³-hybridized carbons (Fsp3) is 0.627. The van der Waals surface area contributed by atoms with Crippen LogP contribution in [0.5, 0.6) is 0 Å². The smallest absolute Gasteiger partial charge is 0.313 e. The average Bonchev–Trinajstić information content (AvgIpc) is 3.23. The van der Waals surface area contributed by atoms with Gasteiger partial charge in [-0.15, -0.1) is 0 Å². The zero-order valence-corrected chi connectivity index (χ0v) is 36.0. The van der Waals surface area contributed by atoms with Crippen LogP contribution >= 0.6 is 0 Å². The van der Waals surface area contributed by atoms with Crippen LogP contribution in [-0.4, -0.2) is 40.9 Å². The maximum absolute atomic E-state index is 12.1. The predicted molar refractivity (Wildman–Crippen MR) is 235 cm³/mol. The summed E-state index contributed by atoms with van der Waals surface area (Å²) in [6.07, 6.45) is 27.8. The van der Waals surface area contributed by atoms with Crippen LogP contribution in [0.4, 0.5) is 0 Å². The van der Waals surface area contributed by atoms with Gasteiger partial charge in [0, 0.05) is 18.8 Å². The molecule has 1 fully saturated rings. The van der Waals surface area contributed by atoms with Crippen molar-refractivity contribution in [1.29, 1.82) is 0 Å². The zero-order chi connectivity index (χ0) is 40.5. The number of carboxylic acid groups (broad SMARTS) is 1. The maximum Gasteiger partial charge on any atom is 0.313 e. The lowest BCUT2D eigenvalue weighted by molar-refractivity contribution is -0.906. The molecule has 312 valence electrons. The number of aliphatic carboxylic acids is 1. The molecule has 5 heteroatoms. The van der Waals surface area contributed by atoms with Gasteiger partial charge in [0.15, 0.2) is 0 Å². The van der Waals surface area contributed by atoms with E-state index in [0.29, 0.717) is 6.42 Å². The van der Waals surface area contributed by atoms with Crippen molar-refractivity contribution in [3.8, 4) is 0 Å². The first kappa shape index (κ1) is 47.4. The van der Waals surface area contributed by atoms with Crippen LogP contribution in [0.3, 0.4) is 0 Å². The number of piperidine rings is 1. The molecule has 3 aromatic carbocycles. The van der Waals surface area contributed by atoms with Crippen LogP contribution in [0, 0.1) is 5.92 Å². The van der Waals surface area contributed by atoms with Gasteiger partial charge < -0.3 is 20.2 Å². The molecular formula is C51H80NO4+. The number of aliphatic hydroxyl groups is 2. The Bertz CT molecular complexity index is 1360. The Morgan fingerprint density at radius 2 is 1.00 bits per heavy atom. The van der Waals surface area contributed by atoms with Crippen molar-refractivity contribution in [3.63, 3.8) is 0 Å². The minimum absolute atomic E-state index is 0.153. The summed E-state index contributed by atoms with van der Waals surface area (Å²) in [7, 11) is 0.